The number of benzene rings is 1. The Balaban J connectivity index is 2.07. The maximum absolute atomic E-state index is 12.1. The molecule has 23 heavy (non-hydrogen) atoms. The third-order valence-electron chi connectivity index (χ3n) is 3.46. The second-order valence-electron chi connectivity index (χ2n) is 5.21. The van der Waals surface area contributed by atoms with Crippen LogP contribution in [-0.2, 0) is 10.0 Å². The lowest BCUT2D eigenvalue weighted by Crippen LogP contribution is -2.22. The molecule has 2 aromatic heterocycles. The molecule has 0 bridgehead atoms. The van der Waals surface area contributed by atoms with Gasteiger partial charge in [0.05, 0.1) is 10.3 Å². The zero-order chi connectivity index (χ0) is 16.8. The third kappa shape index (κ3) is 2.60. The van der Waals surface area contributed by atoms with Crippen molar-refractivity contribution in [2.45, 2.75) is 4.90 Å². The molecule has 0 aliphatic carbocycles. The smallest absolute Gasteiger partial charge is 0.261 e. The molecule has 0 spiro atoms. The Bertz CT molecular complexity index is 1030. The average Bonchev–Trinajstić information content (AvgIpc) is 2.91. The van der Waals surface area contributed by atoms with Gasteiger partial charge in [0.25, 0.3) is 5.56 Å². The molecule has 0 saturated heterocycles. The number of hydrogen-bond donors (Lipinski definition) is 3. The van der Waals surface area contributed by atoms with E-state index >= 15 is 0 Å². The Morgan fingerprint density at radius 1 is 1.13 bits per heavy atom. The van der Waals surface area contributed by atoms with Crippen molar-refractivity contribution < 1.29 is 8.42 Å². The van der Waals surface area contributed by atoms with Crippen LogP contribution >= 0.6 is 0 Å². The van der Waals surface area contributed by atoms with Crippen molar-refractivity contribution in [3.63, 3.8) is 0 Å². The van der Waals surface area contributed by atoms with Crippen LogP contribution in [0.2, 0.25) is 0 Å². The number of fused-ring (bicyclic) bond motifs is 1. The minimum Gasteiger partial charge on any atom is -0.369 e. The Kier molecular flexibility index (Phi) is 3.46. The standard InChI is InChI=1S/C14H15N5O3S/c1-19(2)23(21,22)9-5-3-8(4-6-9)11-7-10-12(16-11)17-14(15)18-13(10)20/h3-7H,1-2H3,(H4,15,16,17,18,20). The first-order chi connectivity index (χ1) is 10.8. The second kappa shape index (κ2) is 5.21. The molecule has 0 saturated carbocycles. The summed E-state index contributed by atoms with van der Waals surface area (Å²) in [5, 5.41) is 0.388. The van der Waals surface area contributed by atoms with Gasteiger partial charge in [-0.25, -0.2) is 12.7 Å². The average molecular weight is 333 g/mol. The fraction of sp³-hybridized carbons (Fsp3) is 0.143. The second-order valence-corrected chi connectivity index (χ2v) is 7.36. The summed E-state index contributed by atoms with van der Waals surface area (Å²) in [6.45, 7) is 0. The molecule has 0 unspecified atom stereocenters. The largest absolute Gasteiger partial charge is 0.369 e. The van der Waals surface area contributed by atoms with Crippen molar-refractivity contribution in [1.82, 2.24) is 19.3 Å². The van der Waals surface area contributed by atoms with Gasteiger partial charge in [0.2, 0.25) is 16.0 Å². The number of anilines is 1. The molecule has 8 nitrogen and oxygen atoms in total. The Morgan fingerprint density at radius 2 is 1.78 bits per heavy atom. The van der Waals surface area contributed by atoms with E-state index < -0.39 is 10.0 Å². The lowest BCUT2D eigenvalue weighted by molar-refractivity contribution is 0.521. The van der Waals surface area contributed by atoms with Gasteiger partial charge in [0.15, 0.2) is 0 Å². The monoisotopic (exact) mass is 333 g/mol. The fourth-order valence-corrected chi connectivity index (χ4v) is 3.11. The van der Waals surface area contributed by atoms with Crippen LogP contribution in [0.1, 0.15) is 0 Å². The molecule has 0 fully saturated rings. The van der Waals surface area contributed by atoms with Crippen molar-refractivity contribution in [3.05, 3.63) is 40.7 Å². The summed E-state index contributed by atoms with van der Waals surface area (Å²) in [6.07, 6.45) is 0. The zero-order valence-corrected chi connectivity index (χ0v) is 13.3. The van der Waals surface area contributed by atoms with Crippen molar-refractivity contribution >= 4 is 27.0 Å². The lowest BCUT2D eigenvalue weighted by atomic mass is 10.1. The number of nitrogens with two attached hydrogens (primary N) is 1. The van der Waals surface area contributed by atoms with Crippen LogP contribution in [0.4, 0.5) is 5.95 Å². The van der Waals surface area contributed by atoms with Gasteiger partial charge < -0.3 is 10.7 Å². The molecule has 120 valence electrons. The molecule has 0 radical (unpaired) electrons. The first kappa shape index (κ1) is 15.3. The molecule has 9 heteroatoms. The van der Waals surface area contributed by atoms with E-state index in [0.29, 0.717) is 16.7 Å². The summed E-state index contributed by atoms with van der Waals surface area (Å²) >= 11 is 0. The molecule has 0 aliphatic heterocycles. The summed E-state index contributed by atoms with van der Waals surface area (Å²) in [7, 11) is -0.523. The fourth-order valence-electron chi connectivity index (χ4n) is 2.21. The number of hydrogen-bond acceptors (Lipinski definition) is 5. The molecular weight excluding hydrogens is 318 g/mol. The van der Waals surface area contributed by atoms with Crippen molar-refractivity contribution in [3.8, 4) is 11.3 Å². The minimum absolute atomic E-state index is 0.0309. The van der Waals surface area contributed by atoms with Crippen molar-refractivity contribution in [2.24, 2.45) is 0 Å². The molecule has 2 heterocycles. The molecule has 0 aliphatic rings. The molecule has 3 aromatic rings. The van der Waals surface area contributed by atoms with Crippen LogP contribution in [0.15, 0.2) is 40.0 Å². The zero-order valence-electron chi connectivity index (χ0n) is 12.5. The van der Waals surface area contributed by atoms with Gasteiger partial charge in [-0.15, -0.1) is 0 Å². The molecule has 3 rings (SSSR count). The van der Waals surface area contributed by atoms with E-state index in [1.54, 1.807) is 18.2 Å². The number of sulfonamides is 1. The maximum atomic E-state index is 12.1. The highest BCUT2D eigenvalue weighted by Crippen LogP contribution is 2.23. The van der Waals surface area contributed by atoms with Crippen LogP contribution in [0, 0.1) is 0 Å². The highest BCUT2D eigenvalue weighted by molar-refractivity contribution is 7.89. The Labute approximate surface area is 132 Å². The van der Waals surface area contributed by atoms with Gasteiger partial charge in [0, 0.05) is 19.8 Å². The number of aromatic nitrogens is 3. The van der Waals surface area contributed by atoms with E-state index in [2.05, 4.69) is 15.0 Å². The first-order valence-corrected chi connectivity index (χ1v) is 8.14. The van der Waals surface area contributed by atoms with E-state index in [1.165, 1.54) is 26.2 Å². The van der Waals surface area contributed by atoms with Crippen LogP contribution < -0.4 is 11.3 Å². The summed E-state index contributed by atoms with van der Waals surface area (Å²) in [4.78, 5) is 21.5. The number of nitrogens with zero attached hydrogens (tertiary/aromatic N) is 2. The van der Waals surface area contributed by atoms with Crippen molar-refractivity contribution in [1.29, 1.82) is 0 Å². The highest BCUT2D eigenvalue weighted by atomic mass is 32.2. The van der Waals surface area contributed by atoms with Gasteiger partial charge in [0.1, 0.15) is 5.65 Å². The van der Waals surface area contributed by atoms with Crippen LogP contribution in [0.5, 0.6) is 0 Å². The summed E-state index contributed by atoms with van der Waals surface area (Å²) < 4.78 is 25.3. The van der Waals surface area contributed by atoms with Gasteiger partial charge in [-0.1, -0.05) is 12.1 Å². The number of nitrogens with one attached hydrogen (secondary N) is 2. The van der Waals surface area contributed by atoms with Gasteiger partial charge in [-0.05, 0) is 23.8 Å². The third-order valence-corrected chi connectivity index (χ3v) is 5.29. The topological polar surface area (TPSA) is 125 Å². The highest BCUT2D eigenvalue weighted by Gasteiger charge is 2.17. The molecule has 1 aromatic carbocycles. The van der Waals surface area contributed by atoms with Crippen molar-refractivity contribution in [2.75, 3.05) is 19.8 Å². The predicted octanol–water partition coefficient (Wildman–Crippen LogP) is 0.751. The number of H-pyrrole nitrogens is 2. The van der Waals surface area contributed by atoms with E-state index in [9.17, 15) is 13.2 Å². The van der Waals surface area contributed by atoms with E-state index in [0.717, 1.165) is 9.87 Å². The van der Waals surface area contributed by atoms with Gasteiger partial charge >= 0.3 is 0 Å². The summed E-state index contributed by atoms with van der Waals surface area (Å²) in [6, 6.07) is 8.01. The summed E-state index contributed by atoms with van der Waals surface area (Å²) in [5.74, 6) is 0.0309. The van der Waals surface area contributed by atoms with Gasteiger partial charge in [-0.3, -0.25) is 9.78 Å². The molecule has 0 amide bonds. The van der Waals surface area contributed by atoms with Crippen LogP contribution in [0.25, 0.3) is 22.3 Å². The van der Waals surface area contributed by atoms with Crippen LogP contribution in [0.3, 0.4) is 0 Å². The van der Waals surface area contributed by atoms with Crippen LogP contribution in [-0.4, -0.2) is 41.8 Å². The number of rotatable bonds is 3. The normalized spacial score (nSPS) is 12.1. The SMILES string of the molecule is CN(C)S(=O)(=O)c1ccc(-c2cc3c(=O)[nH]c(N)nc3[nH]2)cc1. The summed E-state index contributed by atoms with van der Waals surface area (Å²) in [5.41, 5.74) is 6.95. The number of nitrogen functional groups attached to an aromatic ring is 1. The van der Waals surface area contributed by atoms with E-state index in [-0.39, 0.29) is 16.4 Å². The van der Waals surface area contributed by atoms with E-state index in [4.69, 9.17) is 5.73 Å². The van der Waals surface area contributed by atoms with E-state index in [1.807, 2.05) is 0 Å². The number of aromatic amines is 2. The quantitative estimate of drug-likeness (QED) is 0.652. The predicted molar refractivity (Wildman–Crippen MR) is 87.4 cm³/mol. The molecule has 4 N–H and O–H groups in total. The first-order valence-electron chi connectivity index (χ1n) is 6.70. The molecular formula is C14H15N5O3S. The minimum atomic E-state index is -3.47. The lowest BCUT2D eigenvalue weighted by Gasteiger charge is -2.11. The molecule has 0 atom stereocenters. The Morgan fingerprint density at radius 3 is 2.39 bits per heavy atom. The maximum Gasteiger partial charge on any atom is 0.261 e. The Hall–Kier alpha value is -2.65. The van der Waals surface area contributed by atoms with Gasteiger partial charge in [-0.2, -0.15) is 4.98 Å².